The molecule has 15 heavy (non-hydrogen) atoms. The number of hydrogen-bond acceptors (Lipinski definition) is 1. The summed E-state index contributed by atoms with van der Waals surface area (Å²) in [5.41, 5.74) is 1.26. The molecule has 84 valence electrons. The number of alkyl halides is 1. The molecule has 0 amide bonds. The Morgan fingerprint density at radius 2 is 1.73 bits per heavy atom. The molecule has 0 saturated heterocycles. The molecule has 0 heterocycles. The van der Waals surface area contributed by atoms with Gasteiger partial charge in [0.15, 0.2) is 5.56 Å². The van der Waals surface area contributed by atoms with E-state index < -0.39 is 0 Å². The maximum absolute atomic E-state index is 5.91. The molecule has 0 saturated carbocycles. The molecule has 0 aliphatic carbocycles. The van der Waals surface area contributed by atoms with E-state index in [0.717, 1.165) is 12.2 Å². The van der Waals surface area contributed by atoms with E-state index in [-0.39, 0.29) is 11.0 Å². The Balaban J connectivity index is 2.73. The van der Waals surface area contributed by atoms with E-state index in [0.29, 0.717) is 0 Å². The van der Waals surface area contributed by atoms with Crippen LogP contribution in [0.5, 0.6) is 5.75 Å². The second-order valence-corrected chi connectivity index (χ2v) is 5.20. The average molecular weight is 227 g/mol. The van der Waals surface area contributed by atoms with E-state index in [4.69, 9.17) is 16.3 Å². The first-order valence-electron chi connectivity index (χ1n) is 5.34. The summed E-state index contributed by atoms with van der Waals surface area (Å²) in [7, 11) is 0. The van der Waals surface area contributed by atoms with Crippen LogP contribution < -0.4 is 4.74 Å². The highest BCUT2D eigenvalue weighted by atomic mass is 35.5. The van der Waals surface area contributed by atoms with Crippen LogP contribution in [0.3, 0.4) is 0 Å². The molecule has 0 N–H and O–H groups in total. The summed E-state index contributed by atoms with van der Waals surface area (Å²) in [5.74, 6) is 0.838. The maximum atomic E-state index is 5.91. The number of hydrogen-bond donors (Lipinski definition) is 0. The molecule has 1 atom stereocenters. The highest BCUT2D eigenvalue weighted by Gasteiger charge is 2.13. The van der Waals surface area contributed by atoms with Gasteiger partial charge in [0, 0.05) is 0 Å². The third-order valence-electron chi connectivity index (χ3n) is 2.31. The molecule has 0 fully saturated rings. The van der Waals surface area contributed by atoms with Crippen molar-refractivity contribution in [2.24, 2.45) is 0 Å². The molecule has 1 aromatic rings. The van der Waals surface area contributed by atoms with Crippen LogP contribution in [0.2, 0.25) is 0 Å². The molecule has 0 radical (unpaired) electrons. The van der Waals surface area contributed by atoms with Crippen molar-refractivity contribution >= 4 is 11.6 Å². The molecular weight excluding hydrogens is 208 g/mol. The van der Waals surface area contributed by atoms with Gasteiger partial charge < -0.3 is 4.74 Å². The lowest BCUT2D eigenvalue weighted by Crippen LogP contribution is -2.11. The number of ether oxygens (including phenoxy) is 1. The van der Waals surface area contributed by atoms with Gasteiger partial charge in [0.1, 0.15) is 5.75 Å². The fourth-order valence-corrected chi connectivity index (χ4v) is 1.37. The molecule has 0 aromatic heterocycles. The highest BCUT2D eigenvalue weighted by Crippen LogP contribution is 2.25. The van der Waals surface area contributed by atoms with Gasteiger partial charge in [-0.25, -0.2) is 0 Å². The summed E-state index contributed by atoms with van der Waals surface area (Å²) >= 11 is 5.91. The van der Waals surface area contributed by atoms with Crippen LogP contribution in [0.4, 0.5) is 0 Å². The zero-order chi connectivity index (χ0) is 11.5. The molecule has 0 aliphatic heterocycles. The Labute approximate surface area is 97.4 Å². The number of benzene rings is 1. The third kappa shape index (κ3) is 3.75. The van der Waals surface area contributed by atoms with Crippen LogP contribution >= 0.6 is 11.6 Å². The summed E-state index contributed by atoms with van der Waals surface area (Å²) in [6.45, 7) is 8.58. The van der Waals surface area contributed by atoms with Crippen molar-refractivity contribution in [2.75, 3.05) is 0 Å². The molecule has 2 heteroatoms. The van der Waals surface area contributed by atoms with Crippen molar-refractivity contribution in [3.63, 3.8) is 0 Å². The van der Waals surface area contributed by atoms with Crippen molar-refractivity contribution in [2.45, 2.75) is 45.1 Å². The van der Waals surface area contributed by atoms with Gasteiger partial charge in [-0.05, 0) is 29.5 Å². The second-order valence-electron chi connectivity index (χ2n) is 4.71. The van der Waals surface area contributed by atoms with Crippen LogP contribution in [0.25, 0.3) is 0 Å². The monoisotopic (exact) mass is 226 g/mol. The van der Waals surface area contributed by atoms with Crippen molar-refractivity contribution in [1.82, 2.24) is 0 Å². The van der Waals surface area contributed by atoms with Crippen LogP contribution in [-0.2, 0) is 5.41 Å². The molecule has 0 aliphatic rings. The number of rotatable bonds is 3. The van der Waals surface area contributed by atoms with E-state index in [1.807, 2.05) is 19.1 Å². The van der Waals surface area contributed by atoms with Crippen LogP contribution in [-0.4, -0.2) is 5.56 Å². The minimum absolute atomic E-state index is 0.184. The average Bonchev–Trinajstić information content (AvgIpc) is 2.17. The Morgan fingerprint density at radius 3 is 2.13 bits per heavy atom. The normalized spacial score (nSPS) is 13.7. The van der Waals surface area contributed by atoms with Gasteiger partial charge in [0.05, 0.1) is 0 Å². The molecule has 1 nitrogen and oxygen atoms in total. The van der Waals surface area contributed by atoms with Gasteiger partial charge in [-0.1, -0.05) is 51.4 Å². The minimum atomic E-state index is -0.231. The van der Waals surface area contributed by atoms with E-state index in [1.165, 1.54) is 5.56 Å². The van der Waals surface area contributed by atoms with Gasteiger partial charge in [0.2, 0.25) is 0 Å². The topological polar surface area (TPSA) is 9.23 Å². The standard InChI is InChI=1S/C13H19ClO/c1-5-12(14)15-11-8-6-10(7-9-11)13(2,3)4/h6-9,12H,5H2,1-4H3. The van der Waals surface area contributed by atoms with Crippen LogP contribution in [0.15, 0.2) is 24.3 Å². The fourth-order valence-electron chi connectivity index (χ4n) is 1.26. The van der Waals surface area contributed by atoms with Crippen molar-refractivity contribution in [3.8, 4) is 5.75 Å². The first kappa shape index (κ1) is 12.4. The molecule has 0 bridgehead atoms. The van der Waals surface area contributed by atoms with E-state index in [1.54, 1.807) is 0 Å². The van der Waals surface area contributed by atoms with Crippen molar-refractivity contribution in [1.29, 1.82) is 0 Å². The van der Waals surface area contributed by atoms with Crippen LogP contribution in [0.1, 0.15) is 39.7 Å². The van der Waals surface area contributed by atoms with Crippen molar-refractivity contribution < 1.29 is 4.74 Å². The molecule has 1 unspecified atom stereocenters. The molecular formula is C13H19ClO. The van der Waals surface area contributed by atoms with E-state index in [2.05, 4.69) is 32.9 Å². The van der Waals surface area contributed by atoms with Crippen LogP contribution in [0, 0.1) is 0 Å². The lowest BCUT2D eigenvalue weighted by Gasteiger charge is -2.19. The van der Waals surface area contributed by atoms with Gasteiger partial charge in [-0.3, -0.25) is 0 Å². The maximum Gasteiger partial charge on any atom is 0.171 e. The van der Waals surface area contributed by atoms with E-state index in [9.17, 15) is 0 Å². The number of halogens is 1. The van der Waals surface area contributed by atoms with E-state index >= 15 is 0 Å². The SMILES string of the molecule is CCC(Cl)Oc1ccc(C(C)(C)C)cc1. The first-order chi connectivity index (χ1) is 6.93. The largest absolute Gasteiger partial charge is 0.475 e. The third-order valence-corrected chi connectivity index (χ3v) is 2.70. The minimum Gasteiger partial charge on any atom is -0.475 e. The predicted octanol–water partition coefficient (Wildman–Crippen LogP) is 4.34. The summed E-state index contributed by atoms with van der Waals surface area (Å²) < 4.78 is 5.50. The zero-order valence-corrected chi connectivity index (χ0v) is 10.6. The lowest BCUT2D eigenvalue weighted by atomic mass is 9.87. The summed E-state index contributed by atoms with van der Waals surface area (Å²) in [6.07, 6.45) is 0.808. The zero-order valence-electron chi connectivity index (χ0n) is 9.88. The quantitative estimate of drug-likeness (QED) is 0.697. The second kappa shape index (κ2) is 4.89. The first-order valence-corrected chi connectivity index (χ1v) is 5.78. The van der Waals surface area contributed by atoms with Gasteiger partial charge in [0.25, 0.3) is 0 Å². The smallest absolute Gasteiger partial charge is 0.171 e. The van der Waals surface area contributed by atoms with Gasteiger partial charge in [-0.15, -0.1) is 0 Å². The summed E-state index contributed by atoms with van der Waals surface area (Å²) in [4.78, 5) is 0. The Kier molecular flexibility index (Phi) is 4.04. The fraction of sp³-hybridized carbons (Fsp3) is 0.538. The predicted molar refractivity (Wildman–Crippen MR) is 65.7 cm³/mol. The summed E-state index contributed by atoms with van der Waals surface area (Å²) in [5, 5.41) is 0. The summed E-state index contributed by atoms with van der Waals surface area (Å²) in [6, 6.07) is 8.14. The lowest BCUT2D eigenvalue weighted by molar-refractivity contribution is 0.277. The molecule has 1 aromatic carbocycles. The highest BCUT2D eigenvalue weighted by molar-refractivity contribution is 6.19. The molecule has 1 rings (SSSR count). The van der Waals surface area contributed by atoms with Crippen molar-refractivity contribution in [3.05, 3.63) is 29.8 Å². The van der Waals surface area contributed by atoms with Gasteiger partial charge in [-0.2, -0.15) is 0 Å². The van der Waals surface area contributed by atoms with Gasteiger partial charge >= 0.3 is 0 Å². The molecule has 0 spiro atoms. The Bertz CT molecular complexity index is 297. The Morgan fingerprint density at radius 1 is 1.20 bits per heavy atom. The Hall–Kier alpha value is -0.690.